The maximum absolute atomic E-state index is 13.7. The zero-order valence-electron chi connectivity index (χ0n) is 10.1. The minimum Gasteiger partial charge on any atom is -0.330 e. The van der Waals surface area contributed by atoms with E-state index in [-0.39, 0.29) is 5.82 Å². The Morgan fingerprint density at radius 2 is 1.89 bits per heavy atom. The lowest BCUT2D eigenvalue weighted by atomic mass is 10.2. The highest BCUT2D eigenvalue weighted by Crippen LogP contribution is 2.25. The number of aromatic nitrogens is 2. The molecule has 0 aliphatic heterocycles. The molecule has 0 atom stereocenters. The van der Waals surface area contributed by atoms with Crippen LogP contribution in [0.3, 0.4) is 0 Å². The van der Waals surface area contributed by atoms with Crippen LogP contribution in [-0.4, -0.2) is 9.55 Å². The maximum atomic E-state index is 13.7. The Hall–Kier alpha value is -1.46. The first-order valence-electron chi connectivity index (χ1n) is 5.73. The van der Waals surface area contributed by atoms with Crippen LogP contribution in [0.2, 0.25) is 0 Å². The Morgan fingerprint density at radius 1 is 1.21 bits per heavy atom. The second-order valence-corrected chi connectivity index (χ2v) is 5.63. The summed E-state index contributed by atoms with van der Waals surface area (Å²) >= 11 is 8.50. The quantitative estimate of drug-likeness (QED) is 0.627. The Bertz CT molecular complexity index is 818. The molecule has 2 aromatic carbocycles. The molecule has 1 aromatic heterocycles. The number of imidazole rings is 1. The number of hydrogen-bond acceptors (Lipinski definition) is 1. The maximum Gasteiger partial charge on any atom is 0.182 e. The topological polar surface area (TPSA) is 20.7 Å². The van der Waals surface area contributed by atoms with Gasteiger partial charge in [-0.15, -0.1) is 0 Å². The summed E-state index contributed by atoms with van der Waals surface area (Å²) in [4.78, 5) is 3.09. The van der Waals surface area contributed by atoms with Crippen LogP contribution in [0.1, 0.15) is 5.56 Å². The fourth-order valence-electron chi connectivity index (χ4n) is 2.05. The molecule has 0 aliphatic rings. The van der Waals surface area contributed by atoms with Gasteiger partial charge in [-0.25, -0.2) is 4.39 Å². The molecule has 3 rings (SSSR count). The Balaban J connectivity index is 2.34. The number of nitrogens with zero attached hydrogens (tertiary/aromatic N) is 1. The number of halogens is 2. The molecule has 0 saturated carbocycles. The standard InChI is InChI=1S/C14H10BrFN2S/c1-8-2-4-9(5-3-8)18-13-7-11(16)10(15)6-12(13)17-14(18)19/h2-7H,1H3,(H,17,19). The molecule has 0 fully saturated rings. The third-order valence-corrected chi connectivity index (χ3v) is 3.91. The summed E-state index contributed by atoms with van der Waals surface area (Å²) < 4.78 is 16.5. The summed E-state index contributed by atoms with van der Waals surface area (Å²) in [5, 5.41) is 0. The Morgan fingerprint density at radius 3 is 2.58 bits per heavy atom. The number of benzene rings is 2. The number of nitrogens with one attached hydrogen (secondary N) is 1. The predicted octanol–water partition coefficient (Wildman–Crippen LogP) is 4.90. The van der Waals surface area contributed by atoms with Crippen molar-refractivity contribution >= 4 is 39.2 Å². The second kappa shape index (κ2) is 4.58. The van der Waals surface area contributed by atoms with Gasteiger partial charge in [0.15, 0.2) is 4.77 Å². The molecular weight excluding hydrogens is 327 g/mol. The van der Waals surface area contributed by atoms with Gasteiger partial charge in [-0.3, -0.25) is 4.57 Å². The van der Waals surface area contributed by atoms with Crippen molar-refractivity contribution < 1.29 is 4.39 Å². The molecule has 2 nitrogen and oxygen atoms in total. The van der Waals surface area contributed by atoms with E-state index < -0.39 is 0 Å². The summed E-state index contributed by atoms with van der Waals surface area (Å²) in [5.74, 6) is -0.303. The van der Waals surface area contributed by atoms with Gasteiger partial charge in [0.2, 0.25) is 0 Å². The van der Waals surface area contributed by atoms with Gasteiger partial charge >= 0.3 is 0 Å². The molecule has 0 radical (unpaired) electrons. The van der Waals surface area contributed by atoms with E-state index in [9.17, 15) is 4.39 Å². The lowest BCUT2D eigenvalue weighted by Crippen LogP contribution is -1.94. The summed E-state index contributed by atoms with van der Waals surface area (Å²) in [6.07, 6.45) is 0. The molecule has 96 valence electrons. The SMILES string of the molecule is Cc1ccc(-n2c(=S)[nH]c3cc(Br)c(F)cc32)cc1. The highest BCUT2D eigenvalue weighted by Gasteiger charge is 2.10. The van der Waals surface area contributed by atoms with E-state index in [0.29, 0.717) is 9.24 Å². The van der Waals surface area contributed by atoms with Gasteiger partial charge in [-0.1, -0.05) is 17.7 Å². The van der Waals surface area contributed by atoms with E-state index in [2.05, 4.69) is 20.9 Å². The van der Waals surface area contributed by atoms with Crippen LogP contribution < -0.4 is 0 Å². The molecule has 19 heavy (non-hydrogen) atoms. The summed E-state index contributed by atoms with van der Waals surface area (Å²) in [7, 11) is 0. The molecule has 5 heteroatoms. The first-order valence-corrected chi connectivity index (χ1v) is 6.93. The molecule has 0 saturated heterocycles. The monoisotopic (exact) mass is 336 g/mol. The van der Waals surface area contributed by atoms with Gasteiger partial charge in [0.05, 0.1) is 15.5 Å². The van der Waals surface area contributed by atoms with Crippen molar-refractivity contribution in [1.82, 2.24) is 9.55 Å². The first-order chi connectivity index (χ1) is 9.06. The van der Waals surface area contributed by atoms with Crippen LogP contribution in [0.25, 0.3) is 16.7 Å². The number of H-pyrrole nitrogens is 1. The van der Waals surface area contributed by atoms with Gasteiger partial charge in [-0.05, 0) is 53.3 Å². The zero-order valence-corrected chi connectivity index (χ0v) is 12.5. The van der Waals surface area contributed by atoms with Crippen molar-refractivity contribution in [3.8, 4) is 5.69 Å². The highest BCUT2D eigenvalue weighted by molar-refractivity contribution is 9.10. The van der Waals surface area contributed by atoms with E-state index in [0.717, 1.165) is 16.7 Å². The average molecular weight is 337 g/mol. The fourth-order valence-corrected chi connectivity index (χ4v) is 2.71. The normalized spacial score (nSPS) is 11.1. The van der Waals surface area contributed by atoms with Crippen molar-refractivity contribution in [1.29, 1.82) is 0 Å². The van der Waals surface area contributed by atoms with Crippen molar-refractivity contribution in [3.05, 3.63) is 57.0 Å². The number of hydrogen-bond donors (Lipinski definition) is 1. The molecular formula is C14H10BrFN2S. The van der Waals surface area contributed by atoms with Gasteiger partial charge in [0, 0.05) is 11.8 Å². The Labute approximate surface area is 123 Å². The van der Waals surface area contributed by atoms with Crippen LogP contribution in [0.15, 0.2) is 40.9 Å². The van der Waals surface area contributed by atoms with Gasteiger partial charge < -0.3 is 4.98 Å². The van der Waals surface area contributed by atoms with Crippen LogP contribution in [0.4, 0.5) is 4.39 Å². The second-order valence-electron chi connectivity index (χ2n) is 4.38. The summed E-state index contributed by atoms with van der Waals surface area (Å²) in [5.41, 5.74) is 3.63. The molecule has 0 aliphatic carbocycles. The number of fused-ring (bicyclic) bond motifs is 1. The lowest BCUT2D eigenvalue weighted by Gasteiger charge is -2.05. The lowest BCUT2D eigenvalue weighted by molar-refractivity contribution is 0.622. The van der Waals surface area contributed by atoms with Crippen LogP contribution >= 0.6 is 28.1 Å². The summed E-state index contributed by atoms with van der Waals surface area (Å²) in [6.45, 7) is 2.02. The first kappa shape index (κ1) is 12.6. The average Bonchev–Trinajstić information content (AvgIpc) is 2.67. The van der Waals surface area contributed by atoms with E-state index in [1.807, 2.05) is 35.8 Å². The van der Waals surface area contributed by atoms with Crippen molar-refractivity contribution in [2.45, 2.75) is 6.92 Å². The molecule has 1 N–H and O–H groups in total. The van der Waals surface area contributed by atoms with E-state index >= 15 is 0 Å². The predicted molar refractivity (Wildman–Crippen MR) is 80.9 cm³/mol. The van der Waals surface area contributed by atoms with Gasteiger partial charge in [0.1, 0.15) is 5.82 Å². The minimum atomic E-state index is -0.303. The molecule has 1 heterocycles. The fraction of sp³-hybridized carbons (Fsp3) is 0.0714. The molecule has 3 aromatic rings. The highest BCUT2D eigenvalue weighted by atomic mass is 79.9. The van der Waals surface area contributed by atoms with E-state index in [1.165, 1.54) is 11.6 Å². The molecule has 0 amide bonds. The van der Waals surface area contributed by atoms with Gasteiger partial charge in [-0.2, -0.15) is 0 Å². The third kappa shape index (κ3) is 2.13. The summed E-state index contributed by atoms with van der Waals surface area (Å²) in [6, 6.07) is 11.1. The number of rotatable bonds is 1. The van der Waals surface area contributed by atoms with Crippen molar-refractivity contribution in [2.24, 2.45) is 0 Å². The van der Waals surface area contributed by atoms with Crippen LogP contribution in [0.5, 0.6) is 0 Å². The minimum absolute atomic E-state index is 0.303. The zero-order chi connectivity index (χ0) is 13.6. The third-order valence-electron chi connectivity index (χ3n) is 3.02. The van der Waals surface area contributed by atoms with Crippen molar-refractivity contribution in [2.75, 3.05) is 0 Å². The molecule has 0 unspecified atom stereocenters. The molecule has 0 bridgehead atoms. The number of aromatic amines is 1. The smallest absolute Gasteiger partial charge is 0.182 e. The van der Waals surface area contributed by atoms with E-state index in [4.69, 9.17) is 12.2 Å². The number of aryl methyl sites for hydroxylation is 1. The molecule has 0 spiro atoms. The van der Waals surface area contributed by atoms with Gasteiger partial charge in [0.25, 0.3) is 0 Å². The van der Waals surface area contributed by atoms with Crippen LogP contribution in [-0.2, 0) is 0 Å². The Kier molecular flexibility index (Phi) is 3.03. The van der Waals surface area contributed by atoms with Crippen LogP contribution in [0, 0.1) is 17.5 Å². The van der Waals surface area contributed by atoms with E-state index in [1.54, 1.807) is 6.07 Å². The largest absolute Gasteiger partial charge is 0.330 e. The van der Waals surface area contributed by atoms with Crippen molar-refractivity contribution in [3.63, 3.8) is 0 Å².